The van der Waals surface area contributed by atoms with Crippen LogP contribution in [0.2, 0.25) is 0 Å². The number of nitrogens with one attached hydrogen (secondary N) is 1. The van der Waals surface area contributed by atoms with E-state index in [2.05, 4.69) is 19.2 Å². The molecule has 0 heterocycles. The Balaban J connectivity index is 2.28. The van der Waals surface area contributed by atoms with Gasteiger partial charge in [-0.1, -0.05) is 26.7 Å². The van der Waals surface area contributed by atoms with E-state index in [0.29, 0.717) is 24.8 Å². The van der Waals surface area contributed by atoms with E-state index >= 15 is 0 Å². The zero-order chi connectivity index (χ0) is 12.0. The molecule has 3 heteroatoms. The van der Waals surface area contributed by atoms with E-state index in [0.717, 1.165) is 6.42 Å². The topological polar surface area (TPSA) is 55.1 Å². The molecule has 1 saturated carbocycles. The summed E-state index contributed by atoms with van der Waals surface area (Å²) in [6, 6.07) is 0.210. The minimum atomic E-state index is 0.177. The van der Waals surface area contributed by atoms with E-state index in [-0.39, 0.29) is 11.9 Å². The molecule has 0 aromatic heterocycles. The van der Waals surface area contributed by atoms with Crippen LogP contribution in [0.5, 0.6) is 0 Å². The third-order valence-electron chi connectivity index (χ3n) is 3.52. The molecule has 3 nitrogen and oxygen atoms in total. The fourth-order valence-electron chi connectivity index (χ4n) is 2.43. The number of rotatable bonds is 6. The molecule has 3 N–H and O–H groups in total. The Hall–Kier alpha value is -0.570. The fraction of sp³-hybridized carbons (Fsp3) is 0.923. The molecule has 1 amide bonds. The van der Waals surface area contributed by atoms with Gasteiger partial charge in [0.25, 0.3) is 0 Å². The van der Waals surface area contributed by atoms with Gasteiger partial charge in [0, 0.05) is 19.0 Å². The average molecular weight is 226 g/mol. The highest BCUT2D eigenvalue weighted by Crippen LogP contribution is 2.27. The first-order chi connectivity index (χ1) is 7.63. The number of carbonyl (C=O) groups is 1. The van der Waals surface area contributed by atoms with Crippen molar-refractivity contribution in [3.8, 4) is 0 Å². The van der Waals surface area contributed by atoms with Crippen LogP contribution in [0.3, 0.4) is 0 Å². The first kappa shape index (κ1) is 13.5. The van der Waals surface area contributed by atoms with Gasteiger partial charge in [-0.2, -0.15) is 0 Å². The van der Waals surface area contributed by atoms with Crippen LogP contribution in [-0.4, -0.2) is 18.5 Å². The summed E-state index contributed by atoms with van der Waals surface area (Å²) in [7, 11) is 0. The lowest BCUT2D eigenvalue weighted by atomic mass is 9.97. The molecule has 1 fully saturated rings. The molecule has 0 bridgehead atoms. The lowest BCUT2D eigenvalue weighted by Gasteiger charge is -2.23. The zero-order valence-electron chi connectivity index (χ0n) is 10.7. The average Bonchev–Trinajstić information content (AvgIpc) is 2.76. The van der Waals surface area contributed by atoms with Crippen molar-refractivity contribution in [3.63, 3.8) is 0 Å². The minimum Gasteiger partial charge on any atom is -0.352 e. The molecule has 94 valence electrons. The van der Waals surface area contributed by atoms with Crippen molar-refractivity contribution >= 4 is 5.91 Å². The van der Waals surface area contributed by atoms with Crippen molar-refractivity contribution < 1.29 is 4.79 Å². The molecule has 0 aliphatic heterocycles. The third kappa shape index (κ3) is 4.52. The van der Waals surface area contributed by atoms with Crippen LogP contribution < -0.4 is 11.1 Å². The quantitative estimate of drug-likeness (QED) is 0.728. The summed E-state index contributed by atoms with van der Waals surface area (Å²) < 4.78 is 0. The number of carbonyl (C=O) groups excluding carboxylic acids is 1. The lowest BCUT2D eigenvalue weighted by Crippen LogP contribution is -2.44. The first-order valence-electron chi connectivity index (χ1n) is 6.63. The van der Waals surface area contributed by atoms with Gasteiger partial charge in [0.1, 0.15) is 0 Å². The number of hydrogen-bond donors (Lipinski definition) is 2. The lowest BCUT2D eigenvalue weighted by molar-refractivity contribution is -0.122. The Morgan fingerprint density at radius 2 is 2.00 bits per heavy atom. The molecule has 0 saturated heterocycles. The summed E-state index contributed by atoms with van der Waals surface area (Å²) in [5.74, 6) is 1.39. The first-order valence-corrected chi connectivity index (χ1v) is 6.63. The van der Waals surface area contributed by atoms with Crippen LogP contribution in [0.1, 0.15) is 52.4 Å². The fourth-order valence-corrected chi connectivity index (χ4v) is 2.43. The van der Waals surface area contributed by atoms with Gasteiger partial charge in [0.15, 0.2) is 0 Å². The predicted molar refractivity (Wildman–Crippen MR) is 67.0 cm³/mol. The van der Waals surface area contributed by atoms with Gasteiger partial charge in [-0.15, -0.1) is 0 Å². The molecule has 0 spiro atoms. The van der Waals surface area contributed by atoms with Crippen LogP contribution in [0.25, 0.3) is 0 Å². The molecule has 1 aliphatic rings. The van der Waals surface area contributed by atoms with Crippen molar-refractivity contribution in [2.45, 2.75) is 58.4 Å². The Bertz CT molecular complexity index is 210. The summed E-state index contributed by atoms with van der Waals surface area (Å²) in [4.78, 5) is 11.7. The van der Waals surface area contributed by atoms with Crippen molar-refractivity contribution in [1.29, 1.82) is 0 Å². The Morgan fingerprint density at radius 1 is 1.38 bits per heavy atom. The maximum absolute atomic E-state index is 11.7. The van der Waals surface area contributed by atoms with Crippen LogP contribution in [0, 0.1) is 11.8 Å². The van der Waals surface area contributed by atoms with Crippen LogP contribution in [-0.2, 0) is 4.79 Å². The highest BCUT2D eigenvalue weighted by atomic mass is 16.1. The summed E-state index contributed by atoms with van der Waals surface area (Å²) in [5, 5.41) is 3.10. The van der Waals surface area contributed by atoms with E-state index in [4.69, 9.17) is 5.73 Å². The van der Waals surface area contributed by atoms with Crippen molar-refractivity contribution in [2.75, 3.05) is 6.54 Å². The second-order valence-electron chi connectivity index (χ2n) is 5.39. The molecule has 1 aliphatic carbocycles. The SMILES string of the molecule is CC(C)CCC(=O)NC(CN)C1CCCC1. The summed E-state index contributed by atoms with van der Waals surface area (Å²) >= 11 is 0. The molecule has 1 rings (SSSR count). The molecule has 0 aromatic carbocycles. The van der Waals surface area contributed by atoms with Gasteiger partial charge in [0.05, 0.1) is 0 Å². The largest absolute Gasteiger partial charge is 0.352 e. The monoisotopic (exact) mass is 226 g/mol. The van der Waals surface area contributed by atoms with E-state index in [1.54, 1.807) is 0 Å². The van der Waals surface area contributed by atoms with Gasteiger partial charge in [0.2, 0.25) is 5.91 Å². The van der Waals surface area contributed by atoms with Crippen molar-refractivity contribution in [3.05, 3.63) is 0 Å². The predicted octanol–water partition coefficient (Wildman–Crippen LogP) is 2.06. The van der Waals surface area contributed by atoms with Gasteiger partial charge >= 0.3 is 0 Å². The minimum absolute atomic E-state index is 0.177. The Kier molecular flexibility index (Phi) is 5.81. The summed E-state index contributed by atoms with van der Waals surface area (Å²) in [6.45, 7) is 4.87. The molecule has 0 aromatic rings. The summed E-state index contributed by atoms with van der Waals surface area (Å²) in [6.07, 6.45) is 6.65. The number of amides is 1. The van der Waals surface area contributed by atoms with E-state index in [1.165, 1.54) is 25.7 Å². The smallest absolute Gasteiger partial charge is 0.220 e. The number of nitrogens with two attached hydrogens (primary N) is 1. The van der Waals surface area contributed by atoms with Crippen LogP contribution in [0.4, 0.5) is 0 Å². The molecular weight excluding hydrogens is 200 g/mol. The molecule has 1 unspecified atom stereocenters. The summed E-state index contributed by atoms with van der Waals surface area (Å²) in [5.41, 5.74) is 5.74. The van der Waals surface area contributed by atoms with Gasteiger partial charge in [-0.25, -0.2) is 0 Å². The van der Waals surface area contributed by atoms with Crippen molar-refractivity contribution in [1.82, 2.24) is 5.32 Å². The Morgan fingerprint density at radius 3 is 2.50 bits per heavy atom. The molecule has 16 heavy (non-hydrogen) atoms. The van der Waals surface area contributed by atoms with Crippen molar-refractivity contribution in [2.24, 2.45) is 17.6 Å². The molecular formula is C13H26N2O. The van der Waals surface area contributed by atoms with E-state index in [1.807, 2.05) is 0 Å². The van der Waals surface area contributed by atoms with Gasteiger partial charge < -0.3 is 11.1 Å². The molecule has 1 atom stereocenters. The zero-order valence-corrected chi connectivity index (χ0v) is 10.7. The third-order valence-corrected chi connectivity index (χ3v) is 3.52. The van der Waals surface area contributed by atoms with Gasteiger partial charge in [-0.3, -0.25) is 4.79 Å². The van der Waals surface area contributed by atoms with E-state index in [9.17, 15) is 4.79 Å². The normalized spacial score (nSPS) is 19.0. The maximum Gasteiger partial charge on any atom is 0.220 e. The maximum atomic E-state index is 11.7. The second kappa shape index (κ2) is 6.89. The van der Waals surface area contributed by atoms with Gasteiger partial charge in [-0.05, 0) is 31.1 Å². The highest BCUT2D eigenvalue weighted by molar-refractivity contribution is 5.76. The molecule has 0 radical (unpaired) electrons. The highest BCUT2D eigenvalue weighted by Gasteiger charge is 2.24. The second-order valence-corrected chi connectivity index (χ2v) is 5.39. The number of hydrogen-bond acceptors (Lipinski definition) is 2. The standard InChI is InChI=1S/C13H26N2O/c1-10(2)7-8-13(16)15-12(9-14)11-5-3-4-6-11/h10-12H,3-9,14H2,1-2H3,(H,15,16). The van der Waals surface area contributed by atoms with E-state index < -0.39 is 0 Å². The van der Waals surface area contributed by atoms with Crippen LogP contribution >= 0.6 is 0 Å². The van der Waals surface area contributed by atoms with Crippen LogP contribution in [0.15, 0.2) is 0 Å². The Labute approximate surface area is 99.2 Å².